The first-order valence-electron chi connectivity index (χ1n) is 6.70. The molecular weight excluding hydrogens is 330 g/mol. The van der Waals surface area contributed by atoms with Crippen molar-refractivity contribution in [2.24, 2.45) is 0 Å². The third-order valence-corrected chi connectivity index (χ3v) is 3.97. The van der Waals surface area contributed by atoms with Gasteiger partial charge in [-0.1, -0.05) is 15.9 Å². The number of nitrogen functional groups attached to an aromatic ring is 1. The van der Waals surface area contributed by atoms with Crippen LogP contribution in [0.1, 0.15) is 24.4 Å². The van der Waals surface area contributed by atoms with Crippen molar-refractivity contribution in [3.63, 3.8) is 0 Å². The third kappa shape index (κ3) is 2.43. The number of imidazole rings is 1. The van der Waals surface area contributed by atoms with Gasteiger partial charge in [-0.3, -0.25) is 4.57 Å². The largest absolute Gasteiger partial charge is 0.399 e. The molecule has 1 unspecified atom stereocenters. The number of aliphatic hydroxyl groups is 1. The number of anilines is 1. The van der Waals surface area contributed by atoms with Gasteiger partial charge in [0, 0.05) is 10.2 Å². The minimum Gasteiger partial charge on any atom is -0.399 e. The van der Waals surface area contributed by atoms with E-state index >= 15 is 0 Å². The van der Waals surface area contributed by atoms with Crippen molar-refractivity contribution in [1.29, 1.82) is 0 Å². The molecule has 0 spiro atoms. The lowest BCUT2D eigenvalue weighted by Gasteiger charge is -2.14. The van der Waals surface area contributed by atoms with Gasteiger partial charge in [-0.05, 0) is 55.8 Å². The van der Waals surface area contributed by atoms with Crippen LogP contribution in [0.2, 0.25) is 0 Å². The predicted octanol–water partition coefficient (Wildman–Crippen LogP) is 3.73. The Labute approximate surface area is 131 Å². The predicted molar refractivity (Wildman–Crippen MR) is 88.6 cm³/mol. The van der Waals surface area contributed by atoms with Crippen LogP contribution in [0.5, 0.6) is 0 Å². The van der Waals surface area contributed by atoms with Gasteiger partial charge in [0.1, 0.15) is 11.9 Å². The zero-order valence-electron chi connectivity index (χ0n) is 11.8. The van der Waals surface area contributed by atoms with Gasteiger partial charge in [-0.2, -0.15) is 0 Å². The molecule has 21 heavy (non-hydrogen) atoms. The average molecular weight is 346 g/mol. The van der Waals surface area contributed by atoms with Crippen LogP contribution in [0.3, 0.4) is 0 Å². The maximum atomic E-state index is 10.1. The zero-order chi connectivity index (χ0) is 15.1. The van der Waals surface area contributed by atoms with Crippen molar-refractivity contribution in [3.05, 3.63) is 52.3 Å². The van der Waals surface area contributed by atoms with E-state index in [0.29, 0.717) is 11.5 Å². The Kier molecular flexibility index (Phi) is 3.47. The van der Waals surface area contributed by atoms with Crippen LogP contribution in [-0.4, -0.2) is 14.7 Å². The van der Waals surface area contributed by atoms with Gasteiger partial charge in [0.2, 0.25) is 0 Å². The highest BCUT2D eigenvalue weighted by atomic mass is 79.9. The summed E-state index contributed by atoms with van der Waals surface area (Å²) in [4.78, 5) is 4.53. The summed E-state index contributed by atoms with van der Waals surface area (Å²) in [7, 11) is 0. The van der Waals surface area contributed by atoms with Crippen LogP contribution in [0, 0.1) is 6.92 Å². The smallest absolute Gasteiger partial charge is 0.143 e. The molecule has 4 nitrogen and oxygen atoms in total. The fraction of sp³-hybridized carbons (Fsp3) is 0.188. The minimum atomic E-state index is -0.665. The number of hydrogen-bond acceptors (Lipinski definition) is 3. The Morgan fingerprint density at radius 3 is 2.67 bits per heavy atom. The van der Waals surface area contributed by atoms with Gasteiger partial charge in [-0.25, -0.2) is 4.98 Å². The van der Waals surface area contributed by atoms with E-state index < -0.39 is 6.10 Å². The van der Waals surface area contributed by atoms with E-state index in [2.05, 4.69) is 20.9 Å². The van der Waals surface area contributed by atoms with Crippen LogP contribution < -0.4 is 5.73 Å². The van der Waals surface area contributed by atoms with E-state index in [4.69, 9.17) is 5.73 Å². The molecule has 0 saturated heterocycles. The van der Waals surface area contributed by atoms with E-state index in [-0.39, 0.29) is 0 Å². The lowest BCUT2D eigenvalue weighted by atomic mass is 10.2. The number of rotatable bonds is 2. The number of hydrogen-bond donors (Lipinski definition) is 2. The summed E-state index contributed by atoms with van der Waals surface area (Å²) in [6.45, 7) is 3.75. The van der Waals surface area contributed by atoms with Gasteiger partial charge in [0.05, 0.1) is 16.7 Å². The Morgan fingerprint density at radius 2 is 2.00 bits per heavy atom. The molecule has 1 atom stereocenters. The number of benzene rings is 2. The number of nitrogens with zero attached hydrogens (tertiary/aromatic N) is 2. The summed E-state index contributed by atoms with van der Waals surface area (Å²) in [5, 5.41) is 10.1. The second kappa shape index (κ2) is 5.16. The molecule has 1 aromatic heterocycles. The zero-order valence-corrected chi connectivity index (χ0v) is 13.4. The standard InChI is InChI=1S/C16H16BrN3O/c1-9-7-11(17)3-5-14(9)20-15-6-4-12(18)8-13(15)19-16(20)10(2)21/h3-8,10,21H,18H2,1-2H3. The first-order chi connectivity index (χ1) is 9.97. The molecular formula is C16H16BrN3O. The van der Waals surface area contributed by atoms with Gasteiger partial charge in [-0.15, -0.1) is 0 Å². The summed E-state index contributed by atoms with van der Waals surface area (Å²) in [6, 6.07) is 11.7. The first-order valence-corrected chi connectivity index (χ1v) is 7.49. The third-order valence-electron chi connectivity index (χ3n) is 3.48. The van der Waals surface area contributed by atoms with Crippen molar-refractivity contribution in [3.8, 4) is 5.69 Å². The van der Waals surface area contributed by atoms with Crippen molar-refractivity contribution >= 4 is 32.7 Å². The van der Waals surface area contributed by atoms with E-state index in [1.165, 1.54) is 0 Å². The number of aryl methyl sites for hydroxylation is 1. The second-order valence-electron chi connectivity index (χ2n) is 5.16. The molecule has 0 aliphatic carbocycles. The number of aliphatic hydroxyl groups excluding tert-OH is 1. The van der Waals surface area contributed by atoms with Crippen LogP contribution in [-0.2, 0) is 0 Å². The maximum absolute atomic E-state index is 10.1. The molecule has 0 aliphatic rings. The molecule has 1 heterocycles. The lowest BCUT2D eigenvalue weighted by Crippen LogP contribution is -2.06. The quantitative estimate of drug-likeness (QED) is 0.695. The summed E-state index contributed by atoms with van der Waals surface area (Å²) < 4.78 is 3.01. The van der Waals surface area contributed by atoms with E-state index in [1.807, 2.05) is 47.9 Å². The monoisotopic (exact) mass is 345 g/mol. The molecule has 0 radical (unpaired) electrons. The second-order valence-corrected chi connectivity index (χ2v) is 6.08. The molecule has 0 saturated carbocycles. The molecule has 0 amide bonds. The molecule has 0 aliphatic heterocycles. The number of aromatic nitrogens is 2. The highest BCUT2D eigenvalue weighted by Crippen LogP contribution is 2.29. The summed E-state index contributed by atoms with van der Waals surface area (Å²) in [6.07, 6.45) is -0.665. The fourth-order valence-electron chi connectivity index (χ4n) is 2.52. The van der Waals surface area contributed by atoms with Gasteiger partial charge < -0.3 is 10.8 Å². The molecule has 3 rings (SSSR count). The molecule has 0 bridgehead atoms. The Morgan fingerprint density at radius 1 is 1.24 bits per heavy atom. The van der Waals surface area contributed by atoms with Crippen LogP contribution in [0.25, 0.3) is 16.7 Å². The Hall–Kier alpha value is -1.85. The van der Waals surface area contributed by atoms with Crippen molar-refractivity contribution < 1.29 is 5.11 Å². The number of halogens is 1. The Balaban J connectivity index is 2.36. The summed E-state index contributed by atoms with van der Waals surface area (Å²) >= 11 is 3.48. The molecule has 0 fully saturated rings. The molecule has 2 aromatic carbocycles. The minimum absolute atomic E-state index is 0.612. The maximum Gasteiger partial charge on any atom is 0.143 e. The molecule has 3 aromatic rings. The Bertz CT molecular complexity index is 824. The number of nitrogens with two attached hydrogens (primary N) is 1. The van der Waals surface area contributed by atoms with Gasteiger partial charge >= 0.3 is 0 Å². The topological polar surface area (TPSA) is 64.1 Å². The van der Waals surface area contributed by atoms with E-state index in [1.54, 1.807) is 6.92 Å². The van der Waals surface area contributed by atoms with Crippen molar-refractivity contribution in [2.45, 2.75) is 20.0 Å². The SMILES string of the molecule is Cc1cc(Br)ccc1-n1c(C(C)O)nc2cc(N)ccc21. The fourth-order valence-corrected chi connectivity index (χ4v) is 2.99. The van der Waals surface area contributed by atoms with Crippen molar-refractivity contribution in [1.82, 2.24) is 9.55 Å². The normalized spacial score (nSPS) is 12.8. The van der Waals surface area contributed by atoms with Crippen LogP contribution in [0.4, 0.5) is 5.69 Å². The number of fused-ring (bicyclic) bond motifs is 1. The van der Waals surface area contributed by atoms with E-state index in [0.717, 1.165) is 26.8 Å². The highest BCUT2D eigenvalue weighted by molar-refractivity contribution is 9.10. The van der Waals surface area contributed by atoms with Crippen LogP contribution in [0.15, 0.2) is 40.9 Å². The molecule has 108 valence electrons. The molecule has 3 N–H and O–H groups in total. The van der Waals surface area contributed by atoms with E-state index in [9.17, 15) is 5.11 Å². The lowest BCUT2D eigenvalue weighted by molar-refractivity contribution is 0.187. The van der Waals surface area contributed by atoms with Gasteiger partial charge in [0.15, 0.2) is 0 Å². The summed E-state index contributed by atoms with van der Waals surface area (Å²) in [5.74, 6) is 0.612. The molecule has 5 heteroatoms. The average Bonchev–Trinajstić information content (AvgIpc) is 2.77. The van der Waals surface area contributed by atoms with Crippen molar-refractivity contribution in [2.75, 3.05) is 5.73 Å². The first kappa shape index (κ1) is 14.1. The summed E-state index contributed by atoms with van der Waals surface area (Å²) in [5.41, 5.74) is 10.3. The highest BCUT2D eigenvalue weighted by Gasteiger charge is 2.17. The van der Waals surface area contributed by atoms with Gasteiger partial charge in [0.25, 0.3) is 0 Å². The van der Waals surface area contributed by atoms with Crippen LogP contribution >= 0.6 is 15.9 Å².